The fraction of sp³-hybridized carbons (Fsp3) is 0.0952. The quantitative estimate of drug-likeness (QED) is 0.531. The maximum Gasteiger partial charge on any atom is 0.362 e. The molecular formula is C21H19N3O2. The topological polar surface area (TPSA) is 64.1 Å². The summed E-state index contributed by atoms with van der Waals surface area (Å²) in [6.07, 6.45) is 2.32. The molecule has 2 aromatic carbocycles. The molecule has 0 bridgehead atoms. The van der Waals surface area contributed by atoms with E-state index in [9.17, 15) is 4.79 Å². The summed E-state index contributed by atoms with van der Waals surface area (Å²) in [5.74, 6) is 0.544. The summed E-state index contributed by atoms with van der Waals surface area (Å²) in [5.41, 5.74) is 5.68. The molecule has 0 aliphatic heterocycles. The third-order valence-corrected chi connectivity index (χ3v) is 3.84. The van der Waals surface area contributed by atoms with E-state index in [-0.39, 0.29) is 0 Å². The minimum absolute atomic E-state index is 0.458. The number of nitrogens with one attached hydrogen (secondary N) is 1. The smallest absolute Gasteiger partial charge is 0.336 e. The second-order valence-corrected chi connectivity index (χ2v) is 5.68. The van der Waals surface area contributed by atoms with Crippen molar-refractivity contribution < 1.29 is 9.63 Å². The number of aromatic nitrogens is 2. The van der Waals surface area contributed by atoms with Gasteiger partial charge in [-0.3, -0.25) is 0 Å². The van der Waals surface area contributed by atoms with Crippen LogP contribution in [0.15, 0.2) is 73.3 Å². The normalized spacial score (nSPS) is 10.2. The van der Waals surface area contributed by atoms with Crippen LogP contribution in [0.3, 0.4) is 0 Å². The highest BCUT2D eigenvalue weighted by Crippen LogP contribution is 2.23. The standard InChI is InChI=1S/C21H19N3O2/c1-3-10-18-15(2)22-19(16-11-6-4-7-12-16)23-20(18)24-26-21(25)17-13-8-5-9-14-17/h3-9,11-14H,1,10H2,2H3,(H,22,23,24). The fourth-order valence-electron chi connectivity index (χ4n) is 2.51. The van der Waals surface area contributed by atoms with E-state index in [2.05, 4.69) is 22.0 Å². The molecule has 0 radical (unpaired) electrons. The molecule has 0 aliphatic rings. The van der Waals surface area contributed by atoms with Crippen LogP contribution >= 0.6 is 0 Å². The largest absolute Gasteiger partial charge is 0.362 e. The zero-order valence-corrected chi connectivity index (χ0v) is 14.5. The van der Waals surface area contributed by atoms with Gasteiger partial charge in [-0.15, -0.1) is 6.58 Å². The summed E-state index contributed by atoms with van der Waals surface area (Å²) < 4.78 is 0. The molecule has 130 valence electrons. The van der Waals surface area contributed by atoms with E-state index in [4.69, 9.17) is 4.84 Å². The molecule has 0 amide bonds. The first-order valence-electron chi connectivity index (χ1n) is 8.25. The van der Waals surface area contributed by atoms with E-state index < -0.39 is 5.97 Å². The molecule has 0 atom stereocenters. The van der Waals surface area contributed by atoms with Crippen molar-refractivity contribution in [1.82, 2.24) is 9.97 Å². The Balaban J connectivity index is 1.89. The molecule has 0 spiro atoms. The van der Waals surface area contributed by atoms with Gasteiger partial charge in [0.1, 0.15) is 0 Å². The van der Waals surface area contributed by atoms with E-state index in [1.165, 1.54) is 0 Å². The Morgan fingerprint density at radius 1 is 1.08 bits per heavy atom. The number of rotatable bonds is 6. The zero-order chi connectivity index (χ0) is 18.4. The molecule has 5 nitrogen and oxygen atoms in total. The van der Waals surface area contributed by atoms with Gasteiger partial charge < -0.3 is 4.84 Å². The first-order chi connectivity index (χ1) is 12.7. The van der Waals surface area contributed by atoms with Gasteiger partial charge in [0.25, 0.3) is 0 Å². The average Bonchev–Trinajstić information content (AvgIpc) is 2.69. The van der Waals surface area contributed by atoms with Gasteiger partial charge in [-0.25, -0.2) is 14.8 Å². The number of carbonyl (C=O) groups is 1. The maximum absolute atomic E-state index is 12.2. The Morgan fingerprint density at radius 2 is 1.73 bits per heavy atom. The Morgan fingerprint density at radius 3 is 2.38 bits per heavy atom. The molecule has 3 rings (SSSR count). The Hall–Kier alpha value is -3.47. The molecule has 0 saturated heterocycles. The van der Waals surface area contributed by atoms with Crippen molar-refractivity contribution in [3.63, 3.8) is 0 Å². The van der Waals surface area contributed by atoms with Crippen molar-refractivity contribution in [3.8, 4) is 11.4 Å². The Labute approximate surface area is 152 Å². The lowest BCUT2D eigenvalue weighted by molar-refractivity contribution is 0.0594. The third kappa shape index (κ3) is 3.95. The van der Waals surface area contributed by atoms with Crippen LogP contribution in [0.5, 0.6) is 0 Å². The SMILES string of the molecule is C=CCc1c(C)nc(-c2ccccc2)nc1NOC(=O)c1ccccc1. The van der Waals surface area contributed by atoms with Crippen molar-refractivity contribution in [1.29, 1.82) is 0 Å². The van der Waals surface area contributed by atoms with Crippen molar-refractivity contribution in [2.75, 3.05) is 5.48 Å². The highest BCUT2D eigenvalue weighted by molar-refractivity contribution is 5.89. The predicted molar refractivity (Wildman–Crippen MR) is 102 cm³/mol. The predicted octanol–water partition coefficient (Wildman–Crippen LogP) is 4.36. The second kappa shape index (κ2) is 8.07. The van der Waals surface area contributed by atoms with Crippen LogP contribution < -0.4 is 5.48 Å². The summed E-state index contributed by atoms with van der Waals surface area (Å²) in [7, 11) is 0. The number of benzene rings is 2. The third-order valence-electron chi connectivity index (χ3n) is 3.84. The van der Waals surface area contributed by atoms with Crippen LogP contribution in [0, 0.1) is 6.92 Å². The van der Waals surface area contributed by atoms with Crippen molar-refractivity contribution in [2.45, 2.75) is 13.3 Å². The molecule has 1 heterocycles. The van der Waals surface area contributed by atoms with Gasteiger partial charge in [-0.2, -0.15) is 5.48 Å². The molecule has 0 unspecified atom stereocenters. The Bertz CT molecular complexity index is 909. The number of carbonyl (C=O) groups excluding carboxylic acids is 1. The first-order valence-corrected chi connectivity index (χ1v) is 8.25. The molecule has 26 heavy (non-hydrogen) atoms. The van der Waals surface area contributed by atoms with E-state index in [0.717, 1.165) is 16.8 Å². The van der Waals surface area contributed by atoms with Crippen molar-refractivity contribution in [2.24, 2.45) is 0 Å². The number of anilines is 1. The van der Waals surface area contributed by atoms with E-state index in [1.807, 2.05) is 43.3 Å². The van der Waals surface area contributed by atoms with Gasteiger partial charge in [0.05, 0.1) is 5.56 Å². The molecule has 1 N–H and O–H groups in total. The van der Waals surface area contributed by atoms with Crippen molar-refractivity contribution in [3.05, 3.63) is 90.1 Å². The minimum atomic E-state index is -0.479. The van der Waals surface area contributed by atoms with E-state index in [1.54, 1.807) is 30.3 Å². The number of hydrogen-bond donors (Lipinski definition) is 1. The highest BCUT2D eigenvalue weighted by Gasteiger charge is 2.14. The molecule has 5 heteroatoms. The van der Waals surface area contributed by atoms with Crippen LogP contribution in [0.1, 0.15) is 21.6 Å². The fourth-order valence-corrected chi connectivity index (χ4v) is 2.51. The van der Waals surface area contributed by atoms with Gasteiger partial charge >= 0.3 is 5.97 Å². The van der Waals surface area contributed by atoms with Crippen LogP contribution in [0.4, 0.5) is 5.82 Å². The molecule has 1 aromatic heterocycles. The van der Waals surface area contributed by atoms with Gasteiger partial charge in [0.2, 0.25) is 0 Å². The molecule has 0 fully saturated rings. The Kier molecular flexibility index (Phi) is 5.39. The number of hydrogen-bond acceptors (Lipinski definition) is 5. The van der Waals surface area contributed by atoms with Gasteiger partial charge in [-0.1, -0.05) is 54.6 Å². The second-order valence-electron chi connectivity index (χ2n) is 5.68. The number of allylic oxidation sites excluding steroid dienone is 1. The van der Waals surface area contributed by atoms with Crippen LogP contribution in [-0.2, 0) is 11.3 Å². The monoisotopic (exact) mass is 345 g/mol. The van der Waals surface area contributed by atoms with E-state index >= 15 is 0 Å². The first kappa shape index (κ1) is 17.4. The van der Waals surface area contributed by atoms with Crippen molar-refractivity contribution >= 4 is 11.8 Å². The van der Waals surface area contributed by atoms with Gasteiger partial charge in [-0.05, 0) is 25.5 Å². The molecule has 0 saturated carbocycles. The summed E-state index contributed by atoms with van der Waals surface area (Å²) in [5, 5.41) is 0. The zero-order valence-electron chi connectivity index (χ0n) is 14.5. The molecule has 3 aromatic rings. The lowest BCUT2D eigenvalue weighted by Gasteiger charge is -2.13. The number of aryl methyl sites for hydroxylation is 1. The highest BCUT2D eigenvalue weighted by atomic mass is 16.7. The average molecular weight is 345 g/mol. The summed E-state index contributed by atoms with van der Waals surface area (Å²) >= 11 is 0. The summed E-state index contributed by atoms with van der Waals surface area (Å²) in [6.45, 7) is 5.67. The number of nitrogens with zero attached hydrogens (tertiary/aromatic N) is 2. The maximum atomic E-state index is 12.2. The molecule has 0 aliphatic carbocycles. The minimum Gasteiger partial charge on any atom is -0.336 e. The lowest BCUT2D eigenvalue weighted by Crippen LogP contribution is -2.14. The van der Waals surface area contributed by atoms with Gasteiger partial charge in [0, 0.05) is 16.8 Å². The van der Waals surface area contributed by atoms with Crippen LogP contribution in [0.25, 0.3) is 11.4 Å². The summed E-state index contributed by atoms with van der Waals surface area (Å²) in [4.78, 5) is 26.5. The van der Waals surface area contributed by atoms with Crippen LogP contribution in [0.2, 0.25) is 0 Å². The molecular weight excluding hydrogens is 326 g/mol. The summed E-state index contributed by atoms with van der Waals surface area (Å²) in [6, 6.07) is 18.4. The van der Waals surface area contributed by atoms with Gasteiger partial charge in [0.15, 0.2) is 11.6 Å². The van der Waals surface area contributed by atoms with E-state index in [0.29, 0.717) is 23.6 Å². The van der Waals surface area contributed by atoms with Crippen LogP contribution in [-0.4, -0.2) is 15.9 Å². The lowest BCUT2D eigenvalue weighted by atomic mass is 10.1.